The molecular formula is C29H23N3O5. The van der Waals surface area contributed by atoms with Crippen LogP contribution in [0.1, 0.15) is 11.1 Å². The predicted octanol–water partition coefficient (Wildman–Crippen LogP) is 7.80. The van der Waals surface area contributed by atoms with Gasteiger partial charge in [-0.3, -0.25) is 4.57 Å². The molecule has 0 radical (unpaired) electrons. The van der Waals surface area contributed by atoms with E-state index in [0.29, 0.717) is 16.5 Å². The van der Waals surface area contributed by atoms with Crippen LogP contribution >= 0.6 is 0 Å². The first kappa shape index (κ1) is 23.6. The van der Waals surface area contributed by atoms with Crippen molar-refractivity contribution in [3.63, 3.8) is 0 Å². The molecule has 3 N–H and O–H groups in total. The number of fused-ring (bicyclic) bond motifs is 1. The highest BCUT2D eigenvalue weighted by atomic mass is 16.7. The molecule has 0 atom stereocenters. The summed E-state index contributed by atoms with van der Waals surface area (Å²) in [5, 5.41) is 40.3. The molecule has 0 saturated carbocycles. The van der Waals surface area contributed by atoms with Crippen LogP contribution in [0.2, 0.25) is 0 Å². The highest BCUT2D eigenvalue weighted by Gasteiger charge is 2.18. The molecule has 184 valence electrons. The van der Waals surface area contributed by atoms with Gasteiger partial charge in [0.2, 0.25) is 5.88 Å². The highest BCUT2D eigenvalue weighted by Crippen LogP contribution is 2.43. The number of aromatic hydroxyl groups is 2. The largest absolute Gasteiger partial charge is 0.511 e. The Hall–Kier alpha value is -5.11. The number of para-hydroxylation sites is 2. The van der Waals surface area contributed by atoms with Crippen molar-refractivity contribution in [1.82, 2.24) is 4.57 Å². The Morgan fingerprint density at radius 2 is 1.62 bits per heavy atom. The zero-order valence-corrected chi connectivity index (χ0v) is 20.1. The Balaban J connectivity index is 1.57. The van der Waals surface area contributed by atoms with Gasteiger partial charge in [0.25, 0.3) is 0 Å². The van der Waals surface area contributed by atoms with Crippen molar-refractivity contribution in [2.24, 2.45) is 10.2 Å². The molecule has 1 heterocycles. The van der Waals surface area contributed by atoms with Crippen LogP contribution in [-0.4, -0.2) is 26.0 Å². The number of carboxylic acid groups (broad SMARTS) is 1. The number of azo groups is 1. The molecule has 1 aromatic heterocycles. The fraction of sp³-hybridized carbons (Fsp3) is 0.0690. The maximum atomic E-state index is 11.2. The van der Waals surface area contributed by atoms with E-state index in [0.717, 1.165) is 22.3 Å². The Labute approximate surface area is 212 Å². The Bertz CT molecular complexity index is 1690. The third-order valence-electron chi connectivity index (χ3n) is 6.20. The lowest BCUT2D eigenvalue weighted by molar-refractivity contribution is 0.144. The summed E-state index contributed by atoms with van der Waals surface area (Å²) in [5.41, 5.74) is 5.24. The van der Waals surface area contributed by atoms with Crippen molar-refractivity contribution >= 4 is 28.4 Å². The van der Waals surface area contributed by atoms with Gasteiger partial charge in [-0.1, -0.05) is 48.5 Å². The first-order valence-electron chi connectivity index (χ1n) is 11.5. The van der Waals surface area contributed by atoms with Gasteiger partial charge >= 0.3 is 6.16 Å². The summed E-state index contributed by atoms with van der Waals surface area (Å²) < 4.78 is 6.44. The van der Waals surface area contributed by atoms with Crippen LogP contribution in [0.5, 0.6) is 17.4 Å². The Morgan fingerprint density at radius 3 is 2.41 bits per heavy atom. The molecule has 8 heteroatoms. The second kappa shape index (κ2) is 9.50. The zero-order valence-electron chi connectivity index (χ0n) is 20.1. The topological polar surface area (TPSA) is 117 Å². The summed E-state index contributed by atoms with van der Waals surface area (Å²) in [6.07, 6.45) is -1.43. The molecule has 8 nitrogen and oxygen atoms in total. The second-order valence-corrected chi connectivity index (χ2v) is 8.56. The van der Waals surface area contributed by atoms with E-state index >= 15 is 0 Å². The van der Waals surface area contributed by atoms with Crippen molar-refractivity contribution in [3.8, 4) is 34.2 Å². The van der Waals surface area contributed by atoms with Gasteiger partial charge in [-0.05, 0) is 66.9 Å². The number of benzene rings is 4. The number of phenolic OH excluding ortho intramolecular Hbond substituents is 1. The molecule has 0 bridgehead atoms. The fourth-order valence-corrected chi connectivity index (χ4v) is 4.21. The Kier molecular flexibility index (Phi) is 6.07. The summed E-state index contributed by atoms with van der Waals surface area (Å²) in [4.78, 5) is 10.9. The number of nitrogens with zero attached hydrogens (tertiary/aromatic N) is 3. The SMILES string of the molecule is Cc1ccc(-n2c(O)c(N=Nc3cccc(-c4cccc(OC(=O)O)c4)c3O)c3ccccc32)cc1C. The number of aromatic nitrogens is 1. The van der Waals surface area contributed by atoms with Gasteiger partial charge in [-0.15, -0.1) is 10.2 Å². The number of phenols is 1. The number of hydrogen-bond acceptors (Lipinski definition) is 6. The lowest BCUT2D eigenvalue weighted by atomic mass is 10.0. The predicted molar refractivity (Wildman–Crippen MR) is 141 cm³/mol. The van der Waals surface area contributed by atoms with Gasteiger partial charge in [0, 0.05) is 16.6 Å². The van der Waals surface area contributed by atoms with Crippen molar-refractivity contribution in [1.29, 1.82) is 0 Å². The summed E-state index contributed by atoms with van der Waals surface area (Å²) >= 11 is 0. The van der Waals surface area contributed by atoms with E-state index in [9.17, 15) is 15.0 Å². The van der Waals surface area contributed by atoms with Crippen LogP contribution in [0, 0.1) is 13.8 Å². The van der Waals surface area contributed by atoms with Crippen LogP contribution in [0.15, 0.2) is 95.2 Å². The highest BCUT2D eigenvalue weighted by molar-refractivity contribution is 5.96. The van der Waals surface area contributed by atoms with Crippen molar-refractivity contribution in [2.75, 3.05) is 0 Å². The molecule has 0 spiro atoms. The third kappa shape index (κ3) is 4.48. The van der Waals surface area contributed by atoms with E-state index in [4.69, 9.17) is 9.84 Å². The molecule has 0 amide bonds. The quantitative estimate of drug-likeness (QED) is 0.131. The molecule has 5 rings (SSSR count). The molecule has 5 aromatic rings. The molecule has 37 heavy (non-hydrogen) atoms. The minimum Gasteiger partial charge on any atom is -0.505 e. The molecule has 4 aromatic carbocycles. The average Bonchev–Trinajstić information content (AvgIpc) is 3.16. The summed E-state index contributed by atoms with van der Waals surface area (Å²) in [7, 11) is 0. The minimum atomic E-state index is -1.43. The molecule has 0 aliphatic rings. The molecule has 0 saturated heterocycles. The normalized spacial score (nSPS) is 11.3. The average molecular weight is 494 g/mol. The van der Waals surface area contributed by atoms with E-state index in [1.165, 1.54) is 12.1 Å². The van der Waals surface area contributed by atoms with Gasteiger partial charge in [0.05, 0.1) is 5.52 Å². The van der Waals surface area contributed by atoms with Crippen LogP contribution < -0.4 is 4.74 Å². The standard InChI is InChI=1S/C29H23N3O5/c1-17-13-14-20(15-18(17)2)32-25-12-4-3-9-23(25)26(28(32)34)31-30-24-11-6-10-22(27(24)33)19-7-5-8-21(16-19)37-29(35)36/h3-16,33-34H,1-2H3,(H,35,36). The number of ether oxygens (including phenoxy) is 1. The van der Waals surface area contributed by atoms with Gasteiger partial charge in [-0.2, -0.15) is 0 Å². The Morgan fingerprint density at radius 1 is 0.838 bits per heavy atom. The van der Waals surface area contributed by atoms with E-state index in [1.807, 2.05) is 56.3 Å². The van der Waals surface area contributed by atoms with Crippen LogP contribution in [0.4, 0.5) is 16.2 Å². The smallest absolute Gasteiger partial charge is 0.505 e. The summed E-state index contributed by atoms with van der Waals surface area (Å²) in [6, 6.07) is 24.8. The molecule has 0 aliphatic heterocycles. The van der Waals surface area contributed by atoms with E-state index < -0.39 is 6.16 Å². The lowest BCUT2D eigenvalue weighted by Gasteiger charge is -2.09. The summed E-state index contributed by atoms with van der Waals surface area (Å²) in [6.45, 7) is 4.05. The van der Waals surface area contributed by atoms with Crippen LogP contribution in [-0.2, 0) is 0 Å². The number of hydrogen-bond donors (Lipinski definition) is 3. The number of carbonyl (C=O) groups is 1. The zero-order chi connectivity index (χ0) is 26.1. The van der Waals surface area contributed by atoms with Crippen molar-refractivity contribution < 1.29 is 24.9 Å². The van der Waals surface area contributed by atoms with Crippen molar-refractivity contribution in [2.45, 2.75) is 13.8 Å². The second-order valence-electron chi connectivity index (χ2n) is 8.56. The maximum absolute atomic E-state index is 11.2. The monoisotopic (exact) mass is 493 g/mol. The molecular weight excluding hydrogens is 470 g/mol. The van der Waals surface area contributed by atoms with Gasteiger partial charge in [0.1, 0.15) is 11.4 Å². The molecule has 0 unspecified atom stereocenters. The number of aryl methyl sites for hydroxylation is 2. The first-order chi connectivity index (χ1) is 17.8. The fourth-order valence-electron chi connectivity index (χ4n) is 4.21. The van der Waals surface area contributed by atoms with E-state index in [2.05, 4.69) is 10.2 Å². The summed E-state index contributed by atoms with van der Waals surface area (Å²) in [5.74, 6) is -0.0843. The van der Waals surface area contributed by atoms with E-state index in [-0.39, 0.29) is 28.8 Å². The lowest BCUT2D eigenvalue weighted by Crippen LogP contribution is -2.02. The number of rotatable bonds is 5. The first-order valence-corrected chi connectivity index (χ1v) is 11.5. The third-order valence-corrected chi connectivity index (χ3v) is 6.20. The molecule has 0 aliphatic carbocycles. The van der Waals surface area contributed by atoms with Gasteiger partial charge < -0.3 is 20.1 Å². The van der Waals surface area contributed by atoms with Crippen molar-refractivity contribution in [3.05, 3.63) is 96.1 Å². The minimum absolute atomic E-state index is 0.0673. The van der Waals surface area contributed by atoms with E-state index in [1.54, 1.807) is 34.9 Å². The molecule has 0 fully saturated rings. The van der Waals surface area contributed by atoms with Crippen LogP contribution in [0.3, 0.4) is 0 Å². The maximum Gasteiger partial charge on any atom is 0.511 e. The van der Waals surface area contributed by atoms with Crippen LogP contribution in [0.25, 0.3) is 27.7 Å². The van der Waals surface area contributed by atoms with Gasteiger partial charge in [0.15, 0.2) is 11.4 Å². The van der Waals surface area contributed by atoms with Gasteiger partial charge in [-0.25, -0.2) is 4.79 Å².